The van der Waals surface area contributed by atoms with E-state index in [0.717, 1.165) is 17.7 Å². The number of carbonyl (C=O) groups is 2. The van der Waals surface area contributed by atoms with Gasteiger partial charge in [0.25, 0.3) is 5.91 Å². The molecule has 1 aliphatic rings. The molecule has 184 valence electrons. The average Bonchev–Trinajstić information content (AvgIpc) is 3.25. The number of alkyl halides is 3. The molecule has 0 unspecified atom stereocenters. The molecule has 0 radical (unpaired) electrons. The number of likely N-dealkylation sites (N-methyl/N-ethyl adjacent to an activating group) is 1. The van der Waals surface area contributed by atoms with Crippen LogP contribution in [0.3, 0.4) is 0 Å². The van der Waals surface area contributed by atoms with Crippen molar-refractivity contribution in [3.63, 3.8) is 0 Å². The summed E-state index contributed by atoms with van der Waals surface area (Å²) in [6.45, 7) is 3.10. The van der Waals surface area contributed by atoms with Crippen LogP contribution in [0, 0.1) is 0 Å². The number of amidine groups is 1. The highest BCUT2D eigenvalue weighted by molar-refractivity contribution is 6.01. The van der Waals surface area contributed by atoms with Gasteiger partial charge in [-0.2, -0.15) is 13.2 Å². The minimum atomic E-state index is -4.70. The highest BCUT2D eigenvalue weighted by Crippen LogP contribution is 2.34. The van der Waals surface area contributed by atoms with Gasteiger partial charge in [0.15, 0.2) is 0 Å². The average molecular weight is 472 g/mol. The second kappa shape index (κ2) is 11.4. The van der Waals surface area contributed by atoms with Gasteiger partial charge in [-0.25, -0.2) is 4.98 Å². The second-order valence-corrected chi connectivity index (χ2v) is 8.40. The lowest BCUT2D eigenvalue weighted by Crippen LogP contribution is -2.65. The summed E-state index contributed by atoms with van der Waals surface area (Å²) in [5.41, 5.74) is 3.83. The Bertz CT molecular complexity index is 824. The SMILES string of the molecule is CC(N)=NCCOC[C@@](C)(C(=O)N(C)c1ccccn1)N(C(=O)CC(F)(F)F)C1CCCC1. The molecule has 1 aromatic rings. The van der Waals surface area contributed by atoms with Crippen LogP contribution in [0.1, 0.15) is 46.0 Å². The number of halogens is 3. The van der Waals surface area contributed by atoms with Crippen LogP contribution < -0.4 is 10.6 Å². The maximum Gasteiger partial charge on any atom is 0.397 e. The van der Waals surface area contributed by atoms with Crippen molar-refractivity contribution in [1.82, 2.24) is 9.88 Å². The Kier molecular flexibility index (Phi) is 9.21. The number of nitrogens with two attached hydrogens (primary N) is 1. The fourth-order valence-electron chi connectivity index (χ4n) is 4.11. The van der Waals surface area contributed by atoms with Gasteiger partial charge in [-0.15, -0.1) is 0 Å². The molecular formula is C22H32F3N5O3. The zero-order valence-electron chi connectivity index (χ0n) is 19.3. The minimum Gasteiger partial charge on any atom is -0.388 e. The van der Waals surface area contributed by atoms with Gasteiger partial charge < -0.3 is 15.4 Å². The Morgan fingerprint density at radius 2 is 1.94 bits per heavy atom. The lowest BCUT2D eigenvalue weighted by Gasteiger charge is -2.45. The molecule has 2 rings (SSSR count). The number of nitrogens with zero attached hydrogens (tertiary/aromatic N) is 4. The van der Waals surface area contributed by atoms with E-state index >= 15 is 0 Å². The van der Waals surface area contributed by atoms with Crippen molar-refractivity contribution in [3.8, 4) is 0 Å². The molecule has 0 aromatic carbocycles. The lowest BCUT2D eigenvalue weighted by atomic mass is 9.94. The van der Waals surface area contributed by atoms with Crippen LogP contribution in [0.5, 0.6) is 0 Å². The first-order valence-corrected chi connectivity index (χ1v) is 10.9. The molecule has 1 atom stereocenters. The normalized spacial score (nSPS) is 17.0. The van der Waals surface area contributed by atoms with E-state index in [1.807, 2.05) is 0 Å². The van der Waals surface area contributed by atoms with Gasteiger partial charge >= 0.3 is 6.18 Å². The van der Waals surface area contributed by atoms with E-state index in [2.05, 4.69) is 9.98 Å². The molecule has 1 aliphatic carbocycles. The third-order valence-electron chi connectivity index (χ3n) is 5.58. The molecule has 2 amide bonds. The summed E-state index contributed by atoms with van der Waals surface area (Å²) in [6, 6.07) is 4.49. The van der Waals surface area contributed by atoms with Crippen molar-refractivity contribution in [1.29, 1.82) is 0 Å². The largest absolute Gasteiger partial charge is 0.397 e. The smallest absolute Gasteiger partial charge is 0.388 e. The van der Waals surface area contributed by atoms with Gasteiger partial charge in [0, 0.05) is 19.3 Å². The van der Waals surface area contributed by atoms with Crippen molar-refractivity contribution in [2.75, 3.05) is 31.7 Å². The molecule has 0 saturated heterocycles. The first-order valence-electron chi connectivity index (χ1n) is 10.9. The fourth-order valence-corrected chi connectivity index (χ4v) is 4.11. The number of aliphatic imine (C=N–C) groups is 1. The van der Waals surface area contributed by atoms with Gasteiger partial charge in [0.05, 0.1) is 25.6 Å². The molecule has 1 saturated carbocycles. The molecule has 8 nitrogen and oxygen atoms in total. The van der Waals surface area contributed by atoms with Crippen LogP contribution in [-0.4, -0.2) is 72.1 Å². The summed E-state index contributed by atoms with van der Waals surface area (Å²) < 4.78 is 45.2. The number of carbonyl (C=O) groups excluding carboxylic acids is 2. The summed E-state index contributed by atoms with van der Waals surface area (Å²) in [6.07, 6.45) is -2.25. The maximum atomic E-state index is 13.7. The molecule has 11 heteroatoms. The highest BCUT2D eigenvalue weighted by Gasteiger charge is 2.50. The number of hydrogen-bond acceptors (Lipinski definition) is 5. The van der Waals surface area contributed by atoms with Crippen LogP contribution in [0.4, 0.5) is 19.0 Å². The zero-order chi connectivity index (χ0) is 24.6. The minimum absolute atomic E-state index is 0.0939. The highest BCUT2D eigenvalue weighted by atomic mass is 19.4. The molecule has 0 spiro atoms. The molecule has 1 fully saturated rings. The Morgan fingerprint density at radius 1 is 1.27 bits per heavy atom. The zero-order valence-corrected chi connectivity index (χ0v) is 19.3. The standard InChI is InChI=1S/C22H32F3N5O3/c1-16(26)27-12-13-33-15-21(2,20(32)29(3)18-10-6-7-11-28-18)30(17-8-4-5-9-17)19(31)14-22(23,24)25/h6-7,10-11,17H,4-5,8-9,12-15H2,1-3H3,(H2,26,27)/t21-/m0/s1. The van der Waals surface area contributed by atoms with E-state index < -0.39 is 36.0 Å². The Morgan fingerprint density at radius 3 is 2.48 bits per heavy atom. The number of hydrogen-bond donors (Lipinski definition) is 1. The fraction of sp³-hybridized carbons (Fsp3) is 0.636. The predicted octanol–water partition coefficient (Wildman–Crippen LogP) is 2.92. The number of pyridine rings is 1. The van der Waals surface area contributed by atoms with Gasteiger partial charge in [-0.1, -0.05) is 18.9 Å². The Balaban J connectivity index is 2.40. The molecular weight excluding hydrogens is 439 g/mol. The van der Waals surface area contributed by atoms with Crippen LogP contribution >= 0.6 is 0 Å². The lowest BCUT2D eigenvalue weighted by molar-refractivity contribution is -0.173. The number of aromatic nitrogens is 1. The maximum absolute atomic E-state index is 13.7. The van der Waals surface area contributed by atoms with Gasteiger partial charge in [0.2, 0.25) is 5.91 Å². The van der Waals surface area contributed by atoms with Crippen LogP contribution in [0.25, 0.3) is 0 Å². The molecule has 1 aromatic heterocycles. The van der Waals surface area contributed by atoms with Gasteiger partial charge in [0.1, 0.15) is 17.8 Å². The van der Waals surface area contributed by atoms with E-state index in [9.17, 15) is 22.8 Å². The number of rotatable bonds is 10. The molecule has 2 N–H and O–H groups in total. The number of amides is 2. The van der Waals surface area contributed by atoms with Gasteiger partial charge in [-0.3, -0.25) is 19.5 Å². The van der Waals surface area contributed by atoms with E-state index in [1.165, 1.54) is 25.1 Å². The summed E-state index contributed by atoms with van der Waals surface area (Å²) in [7, 11) is 1.48. The third-order valence-corrected chi connectivity index (χ3v) is 5.58. The van der Waals surface area contributed by atoms with Crippen molar-refractivity contribution >= 4 is 23.5 Å². The van der Waals surface area contributed by atoms with E-state index in [0.29, 0.717) is 24.5 Å². The van der Waals surface area contributed by atoms with E-state index in [4.69, 9.17) is 10.5 Å². The van der Waals surface area contributed by atoms with Crippen molar-refractivity contribution < 1.29 is 27.5 Å². The second-order valence-electron chi connectivity index (χ2n) is 8.40. The predicted molar refractivity (Wildman–Crippen MR) is 119 cm³/mol. The van der Waals surface area contributed by atoms with E-state index in [1.54, 1.807) is 25.1 Å². The summed E-state index contributed by atoms with van der Waals surface area (Å²) in [5.74, 6) is -1.05. The molecule has 0 aliphatic heterocycles. The van der Waals surface area contributed by atoms with Gasteiger partial charge in [-0.05, 0) is 38.8 Å². The summed E-state index contributed by atoms with van der Waals surface area (Å²) in [4.78, 5) is 37.2. The van der Waals surface area contributed by atoms with Crippen molar-refractivity contribution in [2.24, 2.45) is 10.7 Å². The third kappa shape index (κ3) is 7.41. The van der Waals surface area contributed by atoms with Crippen LogP contribution in [0.2, 0.25) is 0 Å². The quantitative estimate of drug-likeness (QED) is 0.321. The molecule has 33 heavy (non-hydrogen) atoms. The number of ether oxygens (including phenoxy) is 1. The van der Waals surface area contributed by atoms with Crippen LogP contribution in [-0.2, 0) is 14.3 Å². The molecule has 0 bridgehead atoms. The van der Waals surface area contributed by atoms with Crippen molar-refractivity contribution in [2.45, 2.75) is 63.7 Å². The number of anilines is 1. The first-order chi connectivity index (χ1) is 15.5. The van der Waals surface area contributed by atoms with E-state index in [-0.39, 0.29) is 19.8 Å². The van der Waals surface area contributed by atoms with Crippen LogP contribution in [0.15, 0.2) is 29.4 Å². The van der Waals surface area contributed by atoms with Crippen molar-refractivity contribution in [3.05, 3.63) is 24.4 Å². The Hall–Kier alpha value is -2.69. The Labute approximate surface area is 192 Å². The summed E-state index contributed by atoms with van der Waals surface area (Å²) in [5, 5.41) is 0. The topological polar surface area (TPSA) is 101 Å². The monoisotopic (exact) mass is 471 g/mol. The first kappa shape index (κ1) is 26.6. The molecule has 1 heterocycles. The summed E-state index contributed by atoms with van der Waals surface area (Å²) >= 11 is 0.